The summed E-state index contributed by atoms with van der Waals surface area (Å²) < 4.78 is 11.0. The largest absolute Gasteiger partial charge is 0.842 e. The van der Waals surface area contributed by atoms with Crippen molar-refractivity contribution in [2.24, 2.45) is 0 Å². The molecule has 0 aliphatic heterocycles. The molecule has 0 atom stereocenters. The third-order valence-electron chi connectivity index (χ3n) is 3.48. The number of rotatable bonds is 6. The molecule has 0 amide bonds. The van der Waals surface area contributed by atoms with Gasteiger partial charge >= 0.3 is 7.12 Å². The van der Waals surface area contributed by atoms with Crippen LogP contribution in [0.1, 0.15) is 0 Å². The van der Waals surface area contributed by atoms with Gasteiger partial charge in [0.05, 0.1) is 0 Å². The maximum absolute atomic E-state index is 12.3. The molecule has 0 saturated carbocycles. The zero-order chi connectivity index (χ0) is 16.8. The molecular formula is C18H15B2O4-. The van der Waals surface area contributed by atoms with Crippen LogP contribution in [0.15, 0.2) is 84.9 Å². The van der Waals surface area contributed by atoms with Gasteiger partial charge in [-0.1, -0.05) is 78.3 Å². The summed E-state index contributed by atoms with van der Waals surface area (Å²) in [7, 11) is -2.51. The molecule has 0 unspecified atom stereocenters. The predicted molar refractivity (Wildman–Crippen MR) is 93.6 cm³/mol. The van der Waals surface area contributed by atoms with Crippen LogP contribution in [0.4, 0.5) is 0 Å². The Labute approximate surface area is 141 Å². The Balaban J connectivity index is 1.76. The lowest BCUT2D eigenvalue weighted by Crippen LogP contribution is -2.49. The quantitative estimate of drug-likeness (QED) is 0.676. The van der Waals surface area contributed by atoms with Gasteiger partial charge in [0.1, 0.15) is 11.5 Å². The highest BCUT2D eigenvalue weighted by atomic mass is 16.6. The van der Waals surface area contributed by atoms with E-state index in [9.17, 15) is 10.0 Å². The maximum atomic E-state index is 12.3. The van der Waals surface area contributed by atoms with E-state index in [1.165, 1.54) is 0 Å². The molecule has 0 fully saturated rings. The minimum absolute atomic E-state index is 0.288. The Bertz CT molecular complexity index is 702. The van der Waals surface area contributed by atoms with Crippen LogP contribution in [0.25, 0.3) is 0 Å². The number of hydrogen-bond donors (Lipinski definition) is 1. The second kappa shape index (κ2) is 7.73. The molecule has 0 spiro atoms. The van der Waals surface area contributed by atoms with Gasteiger partial charge in [0.15, 0.2) is 0 Å². The number of para-hydroxylation sites is 2. The summed E-state index contributed by atoms with van der Waals surface area (Å²) in [6.45, 7) is 0. The van der Waals surface area contributed by atoms with Gasteiger partial charge in [0.2, 0.25) is 0 Å². The van der Waals surface area contributed by atoms with Crippen molar-refractivity contribution in [1.82, 2.24) is 0 Å². The monoisotopic (exact) mass is 317 g/mol. The summed E-state index contributed by atoms with van der Waals surface area (Å²) in [5.74, 6) is 0.599. The Kier molecular flexibility index (Phi) is 5.21. The fraction of sp³-hybridized carbons (Fsp3) is 0. The molecule has 6 heteroatoms. The van der Waals surface area contributed by atoms with E-state index >= 15 is 0 Å². The summed E-state index contributed by atoms with van der Waals surface area (Å²) in [4.78, 5) is 0. The molecule has 3 aromatic rings. The van der Waals surface area contributed by atoms with E-state index in [0.29, 0.717) is 16.7 Å². The fourth-order valence-corrected chi connectivity index (χ4v) is 2.24. The van der Waals surface area contributed by atoms with Gasteiger partial charge in [-0.25, -0.2) is 0 Å². The van der Waals surface area contributed by atoms with Crippen molar-refractivity contribution in [3.63, 3.8) is 0 Å². The van der Waals surface area contributed by atoms with E-state index in [1.807, 2.05) is 24.3 Å². The Hall–Kier alpha value is -2.69. The smallest absolute Gasteiger partial charge is 0.560 e. The van der Waals surface area contributed by atoms with Gasteiger partial charge in [0.25, 0.3) is 7.12 Å². The van der Waals surface area contributed by atoms with Crippen molar-refractivity contribution in [3.05, 3.63) is 84.9 Å². The zero-order valence-electron chi connectivity index (χ0n) is 12.9. The molecule has 3 rings (SSSR count). The van der Waals surface area contributed by atoms with Crippen LogP contribution in [0.5, 0.6) is 11.5 Å². The van der Waals surface area contributed by atoms with Gasteiger partial charge in [-0.15, -0.1) is 0 Å². The van der Waals surface area contributed by atoms with Crippen LogP contribution in [-0.2, 0) is 0 Å². The van der Waals surface area contributed by atoms with Crippen LogP contribution < -0.4 is 25.3 Å². The van der Waals surface area contributed by atoms with Crippen LogP contribution in [0.3, 0.4) is 0 Å². The molecule has 4 nitrogen and oxygen atoms in total. The van der Waals surface area contributed by atoms with E-state index in [-0.39, 0.29) is 5.75 Å². The first kappa shape index (κ1) is 16.2. The first-order chi connectivity index (χ1) is 11.7. The van der Waals surface area contributed by atoms with E-state index < -0.39 is 14.2 Å². The summed E-state index contributed by atoms with van der Waals surface area (Å²) in [5, 5.41) is 22.5. The predicted octanol–water partition coefficient (Wildman–Crippen LogP) is 0.588. The van der Waals surface area contributed by atoms with Crippen molar-refractivity contribution in [2.75, 3.05) is 0 Å². The fourth-order valence-electron chi connectivity index (χ4n) is 2.24. The SMILES string of the molecule is [O-]B(Oc1ccccc1OB(O)c1ccccc1)c1ccccc1. The lowest BCUT2D eigenvalue weighted by molar-refractivity contribution is -0.208. The average Bonchev–Trinajstić information content (AvgIpc) is 2.64. The topological polar surface area (TPSA) is 61.8 Å². The molecular weight excluding hydrogens is 302 g/mol. The first-order valence-electron chi connectivity index (χ1n) is 7.60. The van der Waals surface area contributed by atoms with Crippen LogP contribution in [-0.4, -0.2) is 19.3 Å². The van der Waals surface area contributed by atoms with Gasteiger partial charge in [0, 0.05) is 0 Å². The molecule has 1 N–H and O–H groups in total. The molecule has 0 aromatic heterocycles. The molecule has 0 radical (unpaired) electrons. The van der Waals surface area contributed by atoms with Gasteiger partial charge in [-0.05, 0) is 17.6 Å². The van der Waals surface area contributed by atoms with Gasteiger partial charge in [-0.3, -0.25) is 0 Å². The Morgan fingerprint density at radius 3 is 1.67 bits per heavy atom. The molecule has 24 heavy (non-hydrogen) atoms. The highest BCUT2D eigenvalue weighted by Crippen LogP contribution is 2.26. The lowest BCUT2D eigenvalue weighted by atomic mass is 9.79. The highest BCUT2D eigenvalue weighted by molar-refractivity contribution is 6.61. The molecule has 118 valence electrons. The van der Waals surface area contributed by atoms with Crippen LogP contribution in [0, 0.1) is 0 Å². The standard InChI is InChI=1S/C18H15B2O4/c21-19(15-9-3-1-4-10-15)23-17-13-7-8-14-18(17)24-20(22)16-11-5-2-6-12-16/h1-14,21H/q-1. The van der Waals surface area contributed by atoms with E-state index in [0.717, 1.165) is 0 Å². The number of hydrogen-bond acceptors (Lipinski definition) is 4. The summed E-state index contributed by atoms with van der Waals surface area (Å²) in [5.41, 5.74) is 1.14. The third kappa shape index (κ3) is 3.98. The zero-order valence-corrected chi connectivity index (χ0v) is 12.9. The molecule has 0 aliphatic rings. The Morgan fingerprint density at radius 2 is 1.08 bits per heavy atom. The minimum Gasteiger partial charge on any atom is -0.842 e. The summed E-state index contributed by atoms with van der Waals surface area (Å²) in [6, 6.07) is 24.6. The molecule has 0 bridgehead atoms. The molecule has 3 aromatic carbocycles. The van der Waals surface area contributed by atoms with E-state index in [4.69, 9.17) is 9.31 Å². The van der Waals surface area contributed by atoms with Crippen molar-refractivity contribution in [2.45, 2.75) is 0 Å². The van der Waals surface area contributed by atoms with E-state index in [1.54, 1.807) is 60.7 Å². The second-order valence-electron chi connectivity index (χ2n) is 5.19. The minimum atomic E-state index is -1.37. The summed E-state index contributed by atoms with van der Waals surface area (Å²) >= 11 is 0. The molecule has 0 heterocycles. The average molecular weight is 317 g/mol. The van der Waals surface area contributed by atoms with Gasteiger partial charge < -0.3 is 19.4 Å². The first-order valence-corrected chi connectivity index (χ1v) is 7.60. The lowest BCUT2D eigenvalue weighted by Gasteiger charge is -2.23. The van der Waals surface area contributed by atoms with Gasteiger partial charge in [-0.2, -0.15) is 0 Å². The second-order valence-corrected chi connectivity index (χ2v) is 5.19. The summed E-state index contributed by atoms with van der Waals surface area (Å²) in [6.07, 6.45) is 0. The van der Waals surface area contributed by atoms with Crippen molar-refractivity contribution in [1.29, 1.82) is 0 Å². The third-order valence-corrected chi connectivity index (χ3v) is 3.48. The van der Waals surface area contributed by atoms with Crippen LogP contribution >= 0.6 is 0 Å². The normalized spacial score (nSPS) is 10.1. The molecule has 0 saturated heterocycles. The van der Waals surface area contributed by atoms with Crippen molar-refractivity contribution >= 4 is 25.2 Å². The molecule has 0 aliphatic carbocycles. The van der Waals surface area contributed by atoms with Crippen molar-refractivity contribution in [3.8, 4) is 11.5 Å². The van der Waals surface area contributed by atoms with Crippen LogP contribution in [0.2, 0.25) is 0 Å². The van der Waals surface area contributed by atoms with E-state index in [2.05, 4.69) is 0 Å². The number of benzene rings is 3. The Morgan fingerprint density at radius 1 is 0.625 bits per heavy atom. The highest BCUT2D eigenvalue weighted by Gasteiger charge is 2.20. The maximum Gasteiger partial charge on any atom is 0.560 e. The van der Waals surface area contributed by atoms with Crippen molar-refractivity contribution < 1.29 is 19.4 Å².